The highest BCUT2D eigenvalue weighted by Gasteiger charge is 2.23. The van der Waals surface area contributed by atoms with Crippen molar-refractivity contribution in [3.63, 3.8) is 0 Å². The Bertz CT molecular complexity index is 926. The predicted molar refractivity (Wildman–Crippen MR) is 90.3 cm³/mol. The molecule has 0 saturated carbocycles. The molecule has 0 aliphatic rings. The maximum atomic E-state index is 12.6. The lowest BCUT2D eigenvalue weighted by atomic mass is 10.1. The van der Waals surface area contributed by atoms with E-state index in [1.807, 2.05) is 30.3 Å². The molecule has 0 unspecified atom stereocenters. The van der Waals surface area contributed by atoms with Crippen molar-refractivity contribution < 1.29 is 14.1 Å². The number of nitrogens with zero attached hydrogens (tertiary/aromatic N) is 1. The van der Waals surface area contributed by atoms with Crippen LogP contribution in [0, 0.1) is 0 Å². The van der Waals surface area contributed by atoms with Gasteiger partial charge < -0.3 is 14.6 Å². The Hall–Kier alpha value is -3.28. The van der Waals surface area contributed by atoms with Crippen LogP contribution in [0.25, 0.3) is 11.3 Å². The van der Waals surface area contributed by atoms with E-state index in [9.17, 15) is 9.59 Å². The minimum absolute atomic E-state index is 0.0356. The Labute approximate surface area is 138 Å². The molecule has 24 heavy (non-hydrogen) atoms. The number of nitrogens with one attached hydrogen (secondary N) is 1. The molecule has 122 valence electrons. The number of ether oxygens (including phenoxy) is 1. The zero-order valence-electron chi connectivity index (χ0n) is 13.3. The van der Waals surface area contributed by atoms with E-state index in [2.05, 4.69) is 5.32 Å². The number of anilines is 1. The van der Waals surface area contributed by atoms with Crippen molar-refractivity contribution in [3.8, 4) is 17.0 Å². The lowest BCUT2D eigenvalue weighted by molar-refractivity contribution is 0.102. The summed E-state index contributed by atoms with van der Waals surface area (Å²) in [7, 11) is 3.13. The number of carbonyl (C=O) groups excluding carboxylic acids is 1. The maximum Gasteiger partial charge on any atom is 0.370 e. The second-order valence-electron chi connectivity index (χ2n) is 5.15. The standard InChI is InChI=1S/C18H16N2O4/c1-20-16(12-7-4-3-5-8-12)15(18(22)24-20)17(21)19-13-9-6-10-14(11-13)23-2/h3-11H,1-2H3,(H,19,21). The van der Waals surface area contributed by atoms with Gasteiger partial charge in [0.15, 0.2) is 5.56 Å². The van der Waals surface area contributed by atoms with Gasteiger partial charge >= 0.3 is 5.63 Å². The van der Waals surface area contributed by atoms with Crippen molar-refractivity contribution >= 4 is 11.6 Å². The molecule has 0 aliphatic heterocycles. The summed E-state index contributed by atoms with van der Waals surface area (Å²) in [6.07, 6.45) is 0. The Morgan fingerprint density at radius 1 is 1.12 bits per heavy atom. The van der Waals surface area contributed by atoms with Crippen LogP contribution in [0.4, 0.5) is 5.69 Å². The zero-order chi connectivity index (χ0) is 17.1. The number of aromatic nitrogens is 1. The molecular weight excluding hydrogens is 308 g/mol. The number of hydrogen-bond acceptors (Lipinski definition) is 4. The number of benzene rings is 2. The highest BCUT2D eigenvalue weighted by Crippen LogP contribution is 2.23. The number of aryl methyl sites for hydroxylation is 1. The average molecular weight is 324 g/mol. The summed E-state index contributed by atoms with van der Waals surface area (Å²) < 4.78 is 11.5. The fourth-order valence-corrected chi connectivity index (χ4v) is 2.49. The van der Waals surface area contributed by atoms with Gasteiger partial charge in [-0.3, -0.25) is 4.79 Å². The van der Waals surface area contributed by atoms with Crippen LogP contribution in [0.2, 0.25) is 0 Å². The summed E-state index contributed by atoms with van der Waals surface area (Å²) in [5.74, 6) is 0.0765. The SMILES string of the molecule is COc1cccc(NC(=O)c2c(-c3ccccc3)n(C)oc2=O)c1. The van der Waals surface area contributed by atoms with Crippen molar-refractivity contribution in [2.75, 3.05) is 12.4 Å². The molecule has 0 bridgehead atoms. The monoisotopic (exact) mass is 324 g/mol. The van der Waals surface area contributed by atoms with Gasteiger partial charge in [0.05, 0.1) is 7.11 Å². The molecule has 1 amide bonds. The Kier molecular flexibility index (Phi) is 4.20. The molecule has 6 nitrogen and oxygen atoms in total. The van der Waals surface area contributed by atoms with Gasteiger partial charge in [0.2, 0.25) is 0 Å². The average Bonchev–Trinajstić information content (AvgIpc) is 2.90. The maximum absolute atomic E-state index is 12.6. The molecule has 1 heterocycles. The van der Waals surface area contributed by atoms with Gasteiger partial charge in [0.25, 0.3) is 5.91 Å². The fraction of sp³-hybridized carbons (Fsp3) is 0.111. The number of amides is 1. The molecule has 1 aromatic heterocycles. The van der Waals surface area contributed by atoms with Crippen LogP contribution in [-0.2, 0) is 7.05 Å². The van der Waals surface area contributed by atoms with Crippen molar-refractivity contribution in [2.24, 2.45) is 7.05 Å². The molecular formula is C18H16N2O4. The van der Waals surface area contributed by atoms with Crippen LogP contribution in [0.15, 0.2) is 63.9 Å². The van der Waals surface area contributed by atoms with Crippen molar-refractivity contribution in [1.29, 1.82) is 0 Å². The molecule has 3 rings (SSSR count). The molecule has 2 aromatic carbocycles. The largest absolute Gasteiger partial charge is 0.497 e. The summed E-state index contributed by atoms with van der Waals surface area (Å²) in [4.78, 5) is 24.7. The van der Waals surface area contributed by atoms with Crippen LogP contribution in [0.1, 0.15) is 10.4 Å². The molecule has 0 atom stereocenters. The van der Waals surface area contributed by atoms with E-state index in [1.54, 1.807) is 38.4 Å². The van der Waals surface area contributed by atoms with Crippen LogP contribution in [-0.4, -0.2) is 17.8 Å². The molecule has 1 N–H and O–H groups in total. The van der Waals surface area contributed by atoms with Crippen molar-refractivity contribution in [3.05, 3.63) is 70.6 Å². The first-order chi connectivity index (χ1) is 11.6. The van der Waals surface area contributed by atoms with Gasteiger partial charge in [-0.2, -0.15) is 0 Å². The third-order valence-electron chi connectivity index (χ3n) is 3.58. The molecule has 0 saturated heterocycles. The van der Waals surface area contributed by atoms with Crippen LogP contribution < -0.4 is 15.7 Å². The second-order valence-corrected chi connectivity index (χ2v) is 5.15. The summed E-state index contributed by atoms with van der Waals surface area (Å²) in [6, 6.07) is 16.0. The van der Waals surface area contributed by atoms with E-state index in [0.717, 1.165) is 5.56 Å². The van der Waals surface area contributed by atoms with Gasteiger partial charge in [0.1, 0.15) is 11.4 Å². The van der Waals surface area contributed by atoms with E-state index in [0.29, 0.717) is 17.1 Å². The molecule has 3 aromatic rings. The van der Waals surface area contributed by atoms with Gasteiger partial charge in [-0.25, -0.2) is 9.53 Å². The van der Waals surface area contributed by atoms with Gasteiger partial charge in [0, 0.05) is 24.4 Å². The molecule has 6 heteroatoms. The summed E-state index contributed by atoms with van der Waals surface area (Å²) in [5.41, 5.74) is 0.965. The van der Waals surface area contributed by atoms with Crippen LogP contribution >= 0.6 is 0 Å². The Morgan fingerprint density at radius 3 is 2.58 bits per heavy atom. The van der Waals surface area contributed by atoms with E-state index >= 15 is 0 Å². The van der Waals surface area contributed by atoms with Crippen LogP contribution in [0.5, 0.6) is 5.75 Å². The minimum atomic E-state index is -0.684. The smallest absolute Gasteiger partial charge is 0.370 e. The topological polar surface area (TPSA) is 73.5 Å². The minimum Gasteiger partial charge on any atom is -0.497 e. The molecule has 0 radical (unpaired) electrons. The molecule has 0 spiro atoms. The summed E-state index contributed by atoms with van der Waals surface area (Å²) in [5, 5.41) is 2.70. The molecule has 0 fully saturated rings. The van der Waals surface area contributed by atoms with Crippen molar-refractivity contribution in [1.82, 2.24) is 4.74 Å². The van der Waals surface area contributed by atoms with E-state index in [-0.39, 0.29) is 5.56 Å². The fourth-order valence-electron chi connectivity index (χ4n) is 2.49. The Morgan fingerprint density at radius 2 is 1.88 bits per heavy atom. The third-order valence-corrected chi connectivity index (χ3v) is 3.58. The predicted octanol–water partition coefficient (Wildman–Crippen LogP) is 2.91. The summed E-state index contributed by atoms with van der Waals surface area (Å²) in [6.45, 7) is 0. The van der Waals surface area contributed by atoms with E-state index in [1.165, 1.54) is 4.74 Å². The summed E-state index contributed by atoms with van der Waals surface area (Å²) >= 11 is 0. The lowest BCUT2D eigenvalue weighted by Crippen LogP contribution is -2.19. The first-order valence-corrected chi connectivity index (χ1v) is 7.31. The van der Waals surface area contributed by atoms with Crippen LogP contribution in [0.3, 0.4) is 0 Å². The first-order valence-electron chi connectivity index (χ1n) is 7.31. The van der Waals surface area contributed by atoms with Gasteiger partial charge in [-0.15, -0.1) is 0 Å². The number of rotatable bonds is 4. The van der Waals surface area contributed by atoms with Crippen molar-refractivity contribution in [2.45, 2.75) is 0 Å². The van der Waals surface area contributed by atoms with Gasteiger partial charge in [-0.05, 0) is 12.1 Å². The van der Waals surface area contributed by atoms with Gasteiger partial charge in [-0.1, -0.05) is 36.4 Å². The van der Waals surface area contributed by atoms with E-state index < -0.39 is 11.5 Å². The quantitative estimate of drug-likeness (QED) is 0.801. The molecule has 0 aliphatic carbocycles. The highest BCUT2D eigenvalue weighted by molar-refractivity contribution is 6.07. The first kappa shape index (κ1) is 15.6. The number of methoxy groups -OCH3 is 1. The van der Waals surface area contributed by atoms with E-state index in [4.69, 9.17) is 9.26 Å². The zero-order valence-corrected chi connectivity index (χ0v) is 13.3. The highest BCUT2D eigenvalue weighted by atomic mass is 16.5. The Balaban J connectivity index is 2.00. The second kappa shape index (κ2) is 6.45. The third kappa shape index (κ3) is 2.94. The normalized spacial score (nSPS) is 10.4. The number of hydrogen-bond donors (Lipinski definition) is 1. The number of carbonyl (C=O) groups is 1. The lowest BCUT2D eigenvalue weighted by Gasteiger charge is -2.07.